The van der Waals surface area contributed by atoms with Crippen LogP contribution in [0.25, 0.3) is 16.9 Å². The van der Waals surface area contributed by atoms with Crippen molar-refractivity contribution < 1.29 is 14.0 Å². The number of amides is 2. The van der Waals surface area contributed by atoms with Gasteiger partial charge in [0.15, 0.2) is 5.76 Å². The lowest BCUT2D eigenvalue weighted by Gasteiger charge is -2.23. The summed E-state index contributed by atoms with van der Waals surface area (Å²) in [6, 6.07) is 18.5. The summed E-state index contributed by atoms with van der Waals surface area (Å²) in [6.45, 7) is 2.82. The molecule has 0 aliphatic carbocycles. The van der Waals surface area contributed by atoms with Crippen LogP contribution in [0.5, 0.6) is 0 Å². The molecule has 2 amide bonds. The first kappa shape index (κ1) is 25.2. The molecular weight excluding hydrogens is 478 g/mol. The number of hydrogen-bond donors (Lipinski definition) is 1. The van der Waals surface area contributed by atoms with Crippen molar-refractivity contribution in [2.45, 2.75) is 6.92 Å². The van der Waals surface area contributed by atoms with E-state index in [-0.39, 0.29) is 24.1 Å². The van der Waals surface area contributed by atoms with Crippen molar-refractivity contribution in [2.75, 3.05) is 39.0 Å². The van der Waals surface area contributed by atoms with Crippen LogP contribution in [0.2, 0.25) is 5.02 Å². The van der Waals surface area contributed by atoms with E-state index in [1.807, 2.05) is 73.1 Å². The van der Waals surface area contributed by atoms with E-state index in [0.29, 0.717) is 29.8 Å². The van der Waals surface area contributed by atoms with Crippen LogP contribution in [0.1, 0.15) is 16.1 Å². The Bertz CT molecular complexity index is 1310. The second-order valence-corrected chi connectivity index (χ2v) is 9.15. The predicted molar refractivity (Wildman–Crippen MR) is 141 cm³/mol. The van der Waals surface area contributed by atoms with Crippen molar-refractivity contribution >= 4 is 29.4 Å². The van der Waals surface area contributed by atoms with Crippen molar-refractivity contribution in [1.29, 1.82) is 0 Å². The van der Waals surface area contributed by atoms with Gasteiger partial charge in [0, 0.05) is 35.6 Å². The summed E-state index contributed by atoms with van der Waals surface area (Å²) in [5.41, 5.74) is 3.51. The zero-order chi connectivity index (χ0) is 25.7. The number of nitrogens with zero attached hydrogens (tertiary/aromatic N) is 4. The number of nitrogens with one attached hydrogen (secondary N) is 1. The zero-order valence-electron chi connectivity index (χ0n) is 20.4. The summed E-state index contributed by atoms with van der Waals surface area (Å²) < 4.78 is 7.09. The average Bonchev–Trinajstić information content (AvgIpc) is 3.53. The van der Waals surface area contributed by atoms with Gasteiger partial charge in [0.05, 0.1) is 12.0 Å². The van der Waals surface area contributed by atoms with Crippen LogP contribution in [-0.4, -0.2) is 64.9 Å². The molecule has 0 fully saturated rings. The molecule has 36 heavy (non-hydrogen) atoms. The average molecular weight is 506 g/mol. The first-order valence-corrected chi connectivity index (χ1v) is 11.9. The Morgan fingerprint density at radius 2 is 1.75 bits per heavy atom. The number of rotatable bonds is 9. The van der Waals surface area contributed by atoms with Crippen molar-refractivity contribution in [3.63, 3.8) is 0 Å². The molecule has 2 aromatic heterocycles. The smallest absolute Gasteiger partial charge is 0.290 e. The molecule has 0 radical (unpaired) electrons. The Kier molecular flexibility index (Phi) is 7.87. The number of imidazole rings is 1. The van der Waals surface area contributed by atoms with Crippen LogP contribution in [0.15, 0.2) is 77.5 Å². The topological polar surface area (TPSA) is 83.6 Å². The molecule has 0 atom stereocenters. The maximum Gasteiger partial charge on any atom is 0.290 e. The highest BCUT2D eigenvalue weighted by atomic mass is 35.5. The minimum absolute atomic E-state index is 0.148. The number of aryl methyl sites for hydroxylation is 1. The standard InChI is InChI=1S/C27H28ClN5O3/c1-19-6-12-22(13-7-19)33-17-23(20-8-10-21(28)11-9-20)29-27(33)30-25(34)18-32(15-14-31(2)3)26(35)24-5-4-16-36-24/h4-13,16-17H,14-15,18H2,1-3H3,(H,29,30,34). The first-order valence-electron chi connectivity index (χ1n) is 11.5. The van der Waals surface area contributed by atoms with E-state index < -0.39 is 0 Å². The fraction of sp³-hybridized carbons (Fsp3) is 0.222. The maximum atomic E-state index is 13.1. The molecule has 2 heterocycles. The normalized spacial score (nSPS) is 11.0. The number of aromatic nitrogens is 2. The highest BCUT2D eigenvalue weighted by molar-refractivity contribution is 6.30. The van der Waals surface area contributed by atoms with Crippen LogP contribution < -0.4 is 5.32 Å². The first-order chi connectivity index (χ1) is 17.3. The van der Waals surface area contributed by atoms with Crippen LogP contribution in [-0.2, 0) is 4.79 Å². The van der Waals surface area contributed by atoms with Crippen LogP contribution >= 0.6 is 11.6 Å². The molecule has 0 aliphatic rings. The van der Waals surface area contributed by atoms with E-state index >= 15 is 0 Å². The number of benzene rings is 2. The molecule has 0 saturated heterocycles. The summed E-state index contributed by atoms with van der Waals surface area (Å²) >= 11 is 6.05. The summed E-state index contributed by atoms with van der Waals surface area (Å²) in [4.78, 5) is 34.2. The molecule has 0 unspecified atom stereocenters. The van der Waals surface area contributed by atoms with Crippen LogP contribution in [0, 0.1) is 6.92 Å². The summed E-state index contributed by atoms with van der Waals surface area (Å²) in [7, 11) is 3.82. The summed E-state index contributed by atoms with van der Waals surface area (Å²) in [5, 5.41) is 3.52. The fourth-order valence-electron chi connectivity index (χ4n) is 3.60. The number of halogens is 1. The second-order valence-electron chi connectivity index (χ2n) is 8.72. The van der Waals surface area contributed by atoms with Crippen molar-refractivity contribution in [2.24, 2.45) is 0 Å². The number of furan rings is 1. The van der Waals surface area contributed by atoms with Gasteiger partial charge in [-0.2, -0.15) is 0 Å². The number of likely N-dealkylation sites (N-methyl/N-ethyl adjacent to an activating group) is 1. The van der Waals surface area contributed by atoms with Crippen LogP contribution in [0.4, 0.5) is 5.95 Å². The number of carbonyl (C=O) groups is 2. The third-order valence-corrected chi connectivity index (χ3v) is 5.83. The van der Waals surface area contributed by atoms with Crippen LogP contribution in [0.3, 0.4) is 0 Å². The Morgan fingerprint density at radius 3 is 2.39 bits per heavy atom. The molecule has 9 heteroatoms. The summed E-state index contributed by atoms with van der Waals surface area (Å²) in [6.07, 6.45) is 3.30. The highest BCUT2D eigenvalue weighted by Gasteiger charge is 2.22. The van der Waals surface area contributed by atoms with E-state index in [4.69, 9.17) is 16.0 Å². The minimum atomic E-state index is -0.365. The van der Waals surface area contributed by atoms with Gasteiger partial charge in [-0.15, -0.1) is 0 Å². The highest BCUT2D eigenvalue weighted by Crippen LogP contribution is 2.26. The second kappa shape index (κ2) is 11.2. The number of hydrogen-bond acceptors (Lipinski definition) is 5. The van der Waals surface area contributed by atoms with E-state index in [9.17, 15) is 9.59 Å². The molecule has 8 nitrogen and oxygen atoms in total. The maximum absolute atomic E-state index is 13.1. The van der Waals surface area contributed by atoms with Gasteiger partial charge >= 0.3 is 0 Å². The molecule has 0 bridgehead atoms. The van der Waals surface area contributed by atoms with Gasteiger partial charge in [-0.3, -0.25) is 19.5 Å². The quantitative estimate of drug-likeness (QED) is 0.355. The predicted octanol–water partition coefficient (Wildman–Crippen LogP) is 4.74. The van der Waals surface area contributed by atoms with E-state index in [1.165, 1.54) is 11.2 Å². The molecule has 4 aromatic rings. The Labute approximate surface area is 215 Å². The molecule has 186 valence electrons. The molecule has 1 N–H and O–H groups in total. The SMILES string of the molecule is Cc1ccc(-n2cc(-c3ccc(Cl)cc3)nc2NC(=O)CN(CCN(C)C)C(=O)c2ccco2)cc1. The Hall–Kier alpha value is -3.88. The van der Waals surface area contributed by atoms with Gasteiger partial charge in [-0.1, -0.05) is 41.4 Å². The fourth-order valence-corrected chi connectivity index (χ4v) is 3.72. The van der Waals surface area contributed by atoms with Gasteiger partial charge in [0.25, 0.3) is 5.91 Å². The third-order valence-electron chi connectivity index (χ3n) is 5.58. The minimum Gasteiger partial charge on any atom is -0.459 e. The zero-order valence-corrected chi connectivity index (χ0v) is 21.2. The molecule has 0 aliphatic heterocycles. The van der Waals surface area contributed by atoms with Gasteiger partial charge in [0.2, 0.25) is 11.9 Å². The van der Waals surface area contributed by atoms with Gasteiger partial charge in [0.1, 0.15) is 6.54 Å². The lowest BCUT2D eigenvalue weighted by Crippen LogP contribution is -2.41. The largest absolute Gasteiger partial charge is 0.459 e. The third kappa shape index (κ3) is 6.21. The summed E-state index contributed by atoms with van der Waals surface area (Å²) in [5.74, 6) is -0.171. The van der Waals surface area contributed by atoms with E-state index in [0.717, 1.165) is 16.8 Å². The Morgan fingerprint density at radius 1 is 1.03 bits per heavy atom. The van der Waals surface area contributed by atoms with E-state index in [2.05, 4.69) is 10.3 Å². The molecular formula is C27H28ClN5O3. The monoisotopic (exact) mass is 505 g/mol. The van der Waals surface area contributed by atoms with Crippen molar-refractivity contribution in [3.8, 4) is 16.9 Å². The van der Waals surface area contributed by atoms with Crippen molar-refractivity contribution in [3.05, 3.63) is 89.5 Å². The lowest BCUT2D eigenvalue weighted by molar-refractivity contribution is -0.117. The molecule has 0 saturated carbocycles. The van der Waals surface area contributed by atoms with E-state index in [1.54, 1.807) is 24.3 Å². The molecule has 4 rings (SSSR count). The number of carbonyl (C=O) groups excluding carboxylic acids is 2. The van der Waals surface area contributed by atoms with Gasteiger partial charge in [-0.25, -0.2) is 4.98 Å². The molecule has 0 spiro atoms. The number of anilines is 1. The Balaban J connectivity index is 1.60. The van der Waals surface area contributed by atoms with Gasteiger partial charge < -0.3 is 14.2 Å². The molecule has 2 aromatic carbocycles. The van der Waals surface area contributed by atoms with Gasteiger partial charge in [-0.05, 0) is 57.4 Å². The van der Waals surface area contributed by atoms with Crippen molar-refractivity contribution in [1.82, 2.24) is 19.4 Å². The lowest BCUT2D eigenvalue weighted by atomic mass is 10.2.